The first-order chi connectivity index (χ1) is 4.83. The third-order valence-corrected chi connectivity index (χ3v) is 3.19. The molecule has 0 atom stereocenters. The first-order valence-corrected chi connectivity index (χ1v) is 4.64. The fourth-order valence-electron chi connectivity index (χ4n) is 2.02. The minimum absolute atomic E-state index is 0.707. The molecule has 59 valence electrons. The van der Waals surface area contributed by atoms with E-state index < -0.39 is 0 Å². The molecule has 0 amide bonds. The van der Waals surface area contributed by atoms with Crippen molar-refractivity contribution in [3.8, 4) is 0 Å². The molecule has 1 rings (SSSR count). The van der Waals surface area contributed by atoms with Gasteiger partial charge in [-0.15, -0.1) is 0 Å². The molecule has 0 saturated heterocycles. The number of hydrogen-bond acceptors (Lipinski definition) is 0. The molecule has 1 aliphatic carbocycles. The quantitative estimate of drug-likeness (QED) is 0.548. The predicted octanol–water partition coefficient (Wildman–Crippen LogP) is 3.57. The third-order valence-electron chi connectivity index (χ3n) is 3.19. The molecule has 10 heavy (non-hydrogen) atoms. The van der Waals surface area contributed by atoms with Gasteiger partial charge in [-0.2, -0.15) is 0 Å². The molecule has 0 aromatic carbocycles. The van der Waals surface area contributed by atoms with Crippen molar-refractivity contribution in [3.05, 3.63) is 6.42 Å². The minimum atomic E-state index is 0.707. The molecule has 0 aromatic heterocycles. The van der Waals surface area contributed by atoms with Crippen molar-refractivity contribution in [2.75, 3.05) is 0 Å². The summed E-state index contributed by atoms with van der Waals surface area (Å²) in [6.07, 6.45) is 10.9. The molecular formula is C10H19. The Labute approximate surface area is 65.0 Å². The smallest absolute Gasteiger partial charge is 0.0300 e. The summed E-state index contributed by atoms with van der Waals surface area (Å²) in [4.78, 5) is 0. The van der Waals surface area contributed by atoms with Crippen molar-refractivity contribution < 1.29 is 0 Å². The van der Waals surface area contributed by atoms with Gasteiger partial charge in [0.15, 0.2) is 0 Å². The second-order valence-electron chi connectivity index (χ2n) is 3.59. The fourth-order valence-corrected chi connectivity index (χ4v) is 2.02. The summed E-state index contributed by atoms with van der Waals surface area (Å²) < 4.78 is 0. The molecular weight excluding hydrogens is 120 g/mol. The molecule has 0 spiro atoms. The summed E-state index contributed by atoms with van der Waals surface area (Å²) in [6.45, 7) is 4.67. The lowest BCUT2D eigenvalue weighted by atomic mass is 9.71. The van der Waals surface area contributed by atoms with Crippen molar-refractivity contribution in [1.82, 2.24) is 0 Å². The maximum atomic E-state index is 2.48. The van der Waals surface area contributed by atoms with Crippen LogP contribution in [-0.2, 0) is 0 Å². The van der Waals surface area contributed by atoms with Crippen molar-refractivity contribution in [2.24, 2.45) is 5.41 Å². The predicted molar refractivity (Wildman–Crippen MR) is 45.8 cm³/mol. The Balaban J connectivity index is 2.44. The van der Waals surface area contributed by atoms with Gasteiger partial charge in [0.2, 0.25) is 0 Å². The highest BCUT2D eigenvalue weighted by molar-refractivity contribution is 4.87. The van der Waals surface area contributed by atoms with Crippen LogP contribution in [0.25, 0.3) is 0 Å². The van der Waals surface area contributed by atoms with Crippen molar-refractivity contribution in [3.63, 3.8) is 0 Å². The molecule has 0 heteroatoms. The molecule has 0 bridgehead atoms. The largest absolute Gasteiger partial charge is 0.0649 e. The Kier molecular flexibility index (Phi) is 2.76. The summed E-state index contributed by atoms with van der Waals surface area (Å²) in [5, 5.41) is 0. The lowest BCUT2D eigenvalue weighted by Crippen LogP contribution is -2.22. The highest BCUT2D eigenvalue weighted by Gasteiger charge is 2.27. The molecule has 0 aromatic rings. The van der Waals surface area contributed by atoms with Crippen LogP contribution >= 0.6 is 0 Å². The average Bonchev–Trinajstić information content (AvgIpc) is 2.06. The molecule has 0 unspecified atom stereocenters. The molecule has 1 radical (unpaired) electrons. The molecule has 0 heterocycles. The van der Waals surface area contributed by atoms with Crippen LogP contribution < -0.4 is 0 Å². The lowest BCUT2D eigenvalue weighted by molar-refractivity contribution is 0.204. The second-order valence-corrected chi connectivity index (χ2v) is 3.59. The van der Waals surface area contributed by atoms with Gasteiger partial charge in [0.05, 0.1) is 0 Å². The summed E-state index contributed by atoms with van der Waals surface area (Å²) >= 11 is 0. The van der Waals surface area contributed by atoms with Crippen LogP contribution in [0.2, 0.25) is 0 Å². The minimum Gasteiger partial charge on any atom is -0.0649 e. The highest BCUT2D eigenvalue weighted by Crippen LogP contribution is 2.41. The van der Waals surface area contributed by atoms with Gasteiger partial charge in [-0.1, -0.05) is 39.5 Å². The molecule has 1 fully saturated rings. The van der Waals surface area contributed by atoms with Gasteiger partial charge in [0, 0.05) is 0 Å². The highest BCUT2D eigenvalue weighted by atomic mass is 14.3. The van der Waals surface area contributed by atoms with E-state index in [4.69, 9.17) is 0 Å². The van der Waals surface area contributed by atoms with Crippen LogP contribution in [-0.4, -0.2) is 0 Å². The van der Waals surface area contributed by atoms with E-state index in [1.54, 1.807) is 0 Å². The van der Waals surface area contributed by atoms with Gasteiger partial charge < -0.3 is 0 Å². The summed E-state index contributed by atoms with van der Waals surface area (Å²) in [5.74, 6) is 0. The summed E-state index contributed by atoms with van der Waals surface area (Å²) in [6, 6.07) is 0. The molecule has 1 saturated carbocycles. The zero-order valence-electron chi connectivity index (χ0n) is 7.32. The van der Waals surface area contributed by atoms with Crippen LogP contribution in [0.4, 0.5) is 0 Å². The monoisotopic (exact) mass is 139 g/mol. The normalized spacial score (nSPS) is 24.6. The summed E-state index contributed by atoms with van der Waals surface area (Å²) in [7, 11) is 0. The standard InChI is InChI=1S/C10H19/c1-3-10(4-2)8-6-5-7-9-10/h6H,3-5,7-9H2,1-2H3. The fraction of sp³-hybridized carbons (Fsp3) is 0.900. The Morgan fingerprint density at radius 3 is 2.30 bits per heavy atom. The van der Waals surface area contributed by atoms with Crippen LogP contribution in [0, 0.1) is 11.8 Å². The second kappa shape index (κ2) is 3.41. The maximum absolute atomic E-state index is 2.48. The van der Waals surface area contributed by atoms with E-state index in [2.05, 4.69) is 20.3 Å². The van der Waals surface area contributed by atoms with Crippen molar-refractivity contribution >= 4 is 0 Å². The van der Waals surface area contributed by atoms with Gasteiger partial charge >= 0.3 is 0 Å². The Hall–Kier alpha value is 0. The van der Waals surface area contributed by atoms with E-state index in [0.29, 0.717) is 5.41 Å². The van der Waals surface area contributed by atoms with Crippen LogP contribution in [0.5, 0.6) is 0 Å². The van der Waals surface area contributed by atoms with Crippen molar-refractivity contribution in [2.45, 2.75) is 52.4 Å². The average molecular weight is 139 g/mol. The van der Waals surface area contributed by atoms with E-state index in [1.807, 2.05) is 0 Å². The molecule has 0 N–H and O–H groups in total. The van der Waals surface area contributed by atoms with E-state index in [1.165, 1.54) is 38.5 Å². The van der Waals surface area contributed by atoms with Crippen LogP contribution in [0.15, 0.2) is 0 Å². The van der Waals surface area contributed by atoms with E-state index in [9.17, 15) is 0 Å². The maximum Gasteiger partial charge on any atom is -0.0300 e. The molecule has 1 aliphatic rings. The Morgan fingerprint density at radius 2 is 2.00 bits per heavy atom. The SMILES string of the molecule is CCC1(CC)C[CH]CCC1. The van der Waals surface area contributed by atoms with E-state index >= 15 is 0 Å². The zero-order chi connectivity index (χ0) is 7.45. The number of rotatable bonds is 2. The molecule has 0 aliphatic heterocycles. The topological polar surface area (TPSA) is 0 Å². The summed E-state index contributed by atoms with van der Waals surface area (Å²) in [5.41, 5.74) is 0.707. The Morgan fingerprint density at radius 1 is 1.30 bits per heavy atom. The Bertz CT molecular complexity index is 82.2. The van der Waals surface area contributed by atoms with Gasteiger partial charge in [-0.05, 0) is 24.7 Å². The lowest BCUT2D eigenvalue weighted by Gasteiger charge is -2.35. The number of hydrogen-bond donors (Lipinski definition) is 0. The van der Waals surface area contributed by atoms with Gasteiger partial charge in [-0.3, -0.25) is 0 Å². The molecule has 0 nitrogen and oxygen atoms in total. The first kappa shape index (κ1) is 8.10. The zero-order valence-corrected chi connectivity index (χ0v) is 7.32. The third kappa shape index (κ3) is 1.53. The van der Waals surface area contributed by atoms with Crippen LogP contribution in [0.1, 0.15) is 52.4 Å². The van der Waals surface area contributed by atoms with E-state index in [-0.39, 0.29) is 0 Å². The van der Waals surface area contributed by atoms with Gasteiger partial charge in [0.1, 0.15) is 0 Å². The van der Waals surface area contributed by atoms with Crippen molar-refractivity contribution in [1.29, 1.82) is 0 Å². The first-order valence-electron chi connectivity index (χ1n) is 4.64. The van der Waals surface area contributed by atoms with Gasteiger partial charge in [-0.25, -0.2) is 0 Å². The van der Waals surface area contributed by atoms with Crippen LogP contribution in [0.3, 0.4) is 0 Å². The van der Waals surface area contributed by atoms with Gasteiger partial charge in [0.25, 0.3) is 0 Å². The van der Waals surface area contributed by atoms with E-state index in [0.717, 1.165) is 0 Å².